The zero-order chi connectivity index (χ0) is 13.2. The van der Waals surface area contributed by atoms with Crippen LogP contribution in [0.1, 0.15) is 32.1 Å². The third kappa shape index (κ3) is 3.63. The van der Waals surface area contributed by atoms with Crippen molar-refractivity contribution in [3.05, 3.63) is 0 Å². The molecule has 2 fully saturated rings. The minimum Gasteiger partial charge on any atom is -0.341 e. The highest BCUT2D eigenvalue weighted by molar-refractivity contribution is 8.00. The minimum absolute atomic E-state index is 0.109. The Morgan fingerprint density at radius 3 is 2.50 bits per heavy atom. The zero-order valence-corrected chi connectivity index (χ0v) is 12.4. The van der Waals surface area contributed by atoms with Crippen LogP contribution in [0, 0.1) is 0 Å². The first-order valence-corrected chi connectivity index (χ1v) is 9.55. The van der Waals surface area contributed by atoms with Gasteiger partial charge in [0.25, 0.3) is 0 Å². The molecule has 104 valence electrons. The molecule has 2 rings (SSSR count). The van der Waals surface area contributed by atoms with Crippen LogP contribution in [0.25, 0.3) is 0 Å². The molecule has 1 heterocycles. The van der Waals surface area contributed by atoms with Gasteiger partial charge < -0.3 is 4.90 Å². The van der Waals surface area contributed by atoms with Crippen molar-refractivity contribution in [2.24, 2.45) is 0 Å². The van der Waals surface area contributed by atoms with Gasteiger partial charge in [0.15, 0.2) is 9.84 Å². The lowest BCUT2D eigenvalue weighted by Crippen LogP contribution is -2.33. The van der Waals surface area contributed by atoms with Gasteiger partial charge in [0.05, 0.1) is 11.0 Å². The minimum atomic E-state index is -3.00. The molecule has 2 aliphatic rings. The van der Waals surface area contributed by atoms with Crippen molar-refractivity contribution in [3.63, 3.8) is 0 Å². The fraction of sp³-hybridized carbons (Fsp3) is 0.917. The fourth-order valence-electron chi connectivity index (χ4n) is 2.64. The summed E-state index contributed by atoms with van der Waals surface area (Å²) in [4.78, 5) is 13.7. The molecule has 0 radical (unpaired) electrons. The largest absolute Gasteiger partial charge is 0.341 e. The number of hydrogen-bond donors (Lipinski definition) is 0. The van der Waals surface area contributed by atoms with Gasteiger partial charge in [0.2, 0.25) is 5.91 Å². The number of carbonyl (C=O) groups is 1. The second-order valence-electron chi connectivity index (χ2n) is 5.30. The van der Waals surface area contributed by atoms with Crippen molar-refractivity contribution < 1.29 is 13.2 Å². The molecule has 1 aliphatic carbocycles. The predicted molar refractivity (Wildman–Crippen MR) is 74.5 cm³/mol. The van der Waals surface area contributed by atoms with E-state index >= 15 is 0 Å². The fourth-order valence-corrected chi connectivity index (χ4v) is 4.85. The maximum absolute atomic E-state index is 12.0. The molecule has 0 N–H and O–H groups in total. The maximum Gasteiger partial charge on any atom is 0.232 e. The lowest BCUT2D eigenvalue weighted by molar-refractivity contribution is -0.127. The molecule has 6 heteroatoms. The van der Waals surface area contributed by atoms with E-state index in [4.69, 9.17) is 0 Å². The molecule has 4 nitrogen and oxygen atoms in total. The van der Waals surface area contributed by atoms with Crippen LogP contribution in [0.2, 0.25) is 0 Å². The Hall–Kier alpha value is -0.230. The van der Waals surface area contributed by atoms with Crippen LogP contribution in [0.3, 0.4) is 0 Å². The Balaban J connectivity index is 1.76. The molecule has 0 spiro atoms. The first-order valence-electron chi connectivity index (χ1n) is 6.55. The summed E-state index contributed by atoms with van der Waals surface area (Å²) in [5, 5.41) is 0.292. The number of hydrogen-bond acceptors (Lipinski definition) is 4. The Morgan fingerprint density at radius 1 is 1.28 bits per heavy atom. The highest BCUT2D eigenvalue weighted by atomic mass is 32.2. The van der Waals surface area contributed by atoms with Gasteiger partial charge in [-0.3, -0.25) is 4.79 Å². The van der Waals surface area contributed by atoms with Crippen LogP contribution in [-0.2, 0) is 14.6 Å². The summed E-state index contributed by atoms with van der Waals surface area (Å²) in [6, 6.07) is 0. The van der Waals surface area contributed by atoms with Crippen LogP contribution in [0.4, 0.5) is 0 Å². The number of likely N-dealkylation sites (tertiary alicyclic amines) is 1. The third-order valence-corrected chi connectivity index (χ3v) is 6.80. The Bertz CT molecular complexity index is 402. The molecule has 1 aliphatic heterocycles. The summed E-state index contributed by atoms with van der Waals surface area (Å²) in [6.45, 7) is 0.991. The van der Waals surface area contributed by atoms with E-state index in [-0.39, 0.29) is 11.2 Å². The molecule has 1 saturated carbocycles. The van der Waals surface area contributed by atoms with Crippen molar-refractivity contribution in [1.29, 1.82) is 0 Å². The number of rotatable bonds is 4. The normalized spacial score (nSPS) is 25.8. The smallest absolute Gasteiger partial charge is 0.232 e. The van der Waals surface area contributed by atoms with Crippen molar-refractivity contribution in [1.82, 2.24) is 4.90 Å². The average molecular weight is 291 g/mol. The van der Waals surface area contributed by atoms with Gasteiger partial charge in [-0.15, -0.1) is 11.8 Å². The lowest BCUT2D eigenvalue weighted by Gasteiger charge is -2.17. The quantitative estimate of drug-likeness (QED) is 0.783. The second kappa shape index (κ2) is 5.82. The van der Waals surface area contributed by atoms with E-state index in [1.54, 1.807) is 16.7 Å². The van der Waals surface area contributed by atoms with Gasteiger partial charge >= 0.3 is 0 Å². The van der Waals surface area contributed by atoms with E-state index < -0.39 is 9.84 Å². The van der Waals surface area contributed by atoms with Gasteiger partial charge in [-0.2, -0.15) is 0 Å². The molecule has 0 aromatic rings. The predicted octanol–water partition coefficient (Wildman–Crippen LogP) is 1.31. The van der Waals surface area contributed by atoms with Crippen LogP contribution in [-0.4, -0.2) is 54.8 Å². The summed E-state index contributed by atoms with van der Waals surface area (Å²) in [5.41, 5.74) is 0. The first kappa shape index (κ1) is 14.2. The monoisotopic (exact) mass is 291 g/mol. The number of thioether (sulfide) groups is 1. The summed E-state index contributed by atoms with van der Waals surface area (Å²) in [6.07, 6.45) is 6.88. The molecule has 1 amide bonds. The van der Waals surface area contributed by atoms with Crippen LogP contribution in [0.5, 0.6) is 0 Å². The Morgan fingerprint density at radius 2 is 1.94 bits per heavy atom. The highest BCUT2D eigenvalue weighted by Gasteiger charge is 2.32. The van der Waals surface area contributed by atoms with Gasteiger partial charge in [-0.05, 0) is 19.3 Å². The average Bonchev–Trinajstić information content (AvgIpc) is 2.96. The summed E-state index contributed by atoms with van der Waals surface area (Å²) in [7, 11) is -3.00. The molecular weight excluding hydrogens is 270 g/mol. The standard InChI is InChI=1S/C12H21NO3S2/c1-18(15,16)11-6-7-13(8-11)12(14)9-17-10-4-2-3-5-10/h10-11H,2-9H2,1H3. The van der Waals surface area contributed by atoms with Crippen molar-refractivity contribution in [2.45, 2.75) is 42.6 Å². The molecule has 0 bridgehead atoms. The second-order valence-corrected chi connectivity index (χ2v) is 8.91. The zero-order valence-electron chi connectivity index (χ0n) is 10.8. The van der Waals surface area contributed by atoms with E-state index in [1.165, 1.54) is 31.9 Å². The Labute approximate surface area is 113 Å². The molecule has 0 aromatic heterocycles. The Kier molecular flexibility index (Phi) is 4.59. The van der Waals surface area contributed by atoms with E-state index in [9.17, 15) is 13.2 Å². The van der Waals surface area contributed by atoms with Gasteiger partial charge in [0, 0.05) is 24.6 Å². The number of amides is 1. The molecule has 0 aromatic carbocycles. The molecule has 1 unspecified atom stereocenters. The topological polar surface area (TPSA) is 54.5 Å². The SMILES string of the molecule is CS(=O)(=O)C1CCN(C(=O)CSC2CCCC2)C1. The number of nitrogens with zero attached hydrogens (tertiary/aromatic N) is 1. The number of carbonyl (C=O) groups excluding carboxylic acids is 1. The summed E-state index contributed by atoms with van der Waals surface area (Å²) >= 11 is 1.75. The first-order chi connectivity index (χ1) is 8.47. The van der Waals surface area contributed by atoms with E-state index in [0.717, 1.165) is 0 Å². The van der Waals surface area contributed by atoms with Crippen molar-refractivity contribution in [3.8, 4) is 0 Å². The molecular formula is C12H21NO3S2. The van der Waals surface area contributed by atoms with E-state index in [0.29, 0.717) is 30.5 Å². The van der Waals surface area contributed by atoms with E-state index in [1.807, 2.05) is 0 Å². The molecule has 1 saturated heterocycles. The van der Waals surface area contributed by atoms with Crippen molar-refractivity contribution in [2.75, 3.05) is 25.1 Å². The van der Waals surface area contributed by atoms with Gasteiger partial charge in [0.1, 0.15) is 0 Å². The van der Waals surface area contributed by atoms with Crippen LogP contribution >= 0.6 is 11.8 Å². The van der Waals surface area contributed by atoms with E-state index in [2.05, 4.69) is 0 Å². The number of sulfone groups is 1. The summed E-state index contributed by atoms with van der Waals surface area (Å²) < 4.78 is 22.9. The van der Waals surface area contributed by atoms with Crippen LogP contribution < -0.4 is 0 Å². The summed E-state index contributed by atoms with van der Waals surface area (Å²) in [5.74, 6) is 0.624. The van der Waals surface area contributed by atoms with Gasteiger partial charge in [-0.1, -0.05) is 12.8 Å². The van der Waals surface area contributed by atoms with Crippen LogP contribution in [0.15, 0.2) is 0 Å². The van der Waals surface area contributed by atoms with Gasteiger partial charge in [-0.25, -0.2) is 8.42 Å². The highest BCUT2D eigenvalue weighted by Crippen LogP contribution is 2.29. The third-order valence-electron chi connectivity index (χ3n) is 3.85. The molecule has 18 heavy (non-hydrogen) atoms. The maximum atomic E-state index is 12.0. The van der Waals surface area contributed by atoms with Crippen molar-refractivity contribution >= 4 is 27.5 Å². The molecule has 1 atom stereocenters. The lowest BCUT2D eigenvalue weighted by atomic mass is 10.4.